The first-order chi connectivity index (χ1) is 12.5. The first kappa shape index (κ1) is 17.5. The van der Waals surface area contributed by atoms with Gasteiger partial charge in [-0.25, -0.2) is 4.98 Å². The first-order valence-corrected chi connectivity index (χ1v) is 10.1. The predicted molar refractivity (Wildman–Crippen MR) is 102 cm³/mol. The van der Waals surface area contributed by atoms with E-state index < -0.39 is 0 Å². The second-order valence-electron chi connectivity index (χ2n) is 7.80. The number of amides is 1. The van der Waals surface area contributed by atoms with E-state index in [0.29, 0.717) is 23.4 Å². The SMILES string of the molecule is Cc1cc(C)c2nc(NC(=O)COC(=O)C[C@H]3C[C@H]4CC[C@@H]3C4)sc2c1. The van der Waals surface area contributed by atoms with Crippen LogP contribution in [-0.2, 0) is 14.3 Å². The van der Waals surface area contributed by atoms with Gasteiger partial charge < -0.3 is 4.74 Å². The molecular weight excluding hydrogens is 348 g/mol. The lowest BCUT2D eigenvalue weighted by molar-refractivity contribution is -0.148. The summed E-state index contributed by atoms with van der Waals surface area (Å²) < 4.78 is 6.24. The normalized spacial score (nSPS) is 24.2. The number of esters is 1. The van der Waals surface area contributed by atoms with E-state index in [2.05, 4.69) is 22.4 Å². The van der Waals surface area contributed by atoms with Crippen molar-refractivity contribution in [2.24, 2.45) is 17.8 Å². The Bertz CT molecular complexity index is 860. The molecule has 2 aromatic rings. The summed E-state index contributed by atoms with van der Waals surface area (Å²) in [4.78, 5) is 28.6. The quantitative estimate of drug-likeness (QED) is 0.798. The molecule has 138 valence electrons. The minimum absolute atomic E-state index is 0.242. The number of anilines is 1. The van der Waals surface area contributed by atoms with E-state index in [1.807, 2.05) is 13.8 Å². The van der Waals surface area contributed by atoms with Crippen LogP contribution in [0.3, 0.4) is 0 Å². The Balaban J connectivity index is 1.28. The van der Waals surface area contributed by atoms with E-state index in [1.54, 1.807) is 0 Å². The molecule has 1 N–H and O–H groups in total. The summed E-state index contributed by atoms with van der Waals surface area (Å²) in [6, 6.07) is 4.14. The number of rotatable bonds is 5. The molecule has 2 saturated carbocycles. The van der Waals surface area contributed by atoms with E-state index in [4.69, 9.17) is 4.74 Å². The van der Waals surface area contributed by atoms with Crippen LogP contribution >= 0.6 is 11.3 Å². The molecule has 1 amide bonds. The highest BCUT2D eigenvalue weighted by molar-refractivity contribution is 7.22. The Morgan fingerprint density at radius 1 is 1.27 bits per heavy atom. The van der Waals surface area contributed by atoms with Gasteiger partial charge in [0.2, 0.25) is 0 Å². The Hall–Kier alpha value is -1.95. The number of hydrogen-bond donors (Lipinski definition) is 1. The second-order valence-corrected chi connectivity index (χ2v) is 8.83. The summed E-state index contributed by atoms with van der Waals surface area (Å²) in [5.41, 5.74) is 3.17. The molecule has 2 bridgehead atoms. The van der Waals surface area contributed by atoms with E-state index in [0.717, 1.165) is 28.1 Å². The maximum absolute atomic E-state index is 12.1. The third kappa shape index (κ3) is 3.61. The van der Waals surface area contributed by atoms with Crippen LogP contribution in [0.5, 0.6) is 0 Å². The molecule has 26 heavy (non-hydrogen) atoms. The maximum Gasteiger partial charge on any atom is 0.306 e. The molecule has 0 spiro atoms. The molecule has 2 aliphatic carbocycles. The van der Waals surface area contributed by atoms with Crippen LogP contribution in [-0.4, -0.2) is 23.5 Å². The molecule has 4 rings (SSSR count). The third-order valence-corrected chi connectivity index (χ3v) is 6.67. The van der Waals surface area contributed by atoms with Gasteiger partial charge in [0.25, 0.3) is 5.91 Å². The van der Waals surface area contributed by atoms with Crippen molar-refractivity contribution in [2.45, 2.75) is 46.0 Å². The van der Waals surface area contributed by atoms with E-state index in [1.165, 1.54) is 36.2 Å². The van der Waals surface area contributed by atoms with Crippen LogP contribution in [0.1, 0.15) is 43.2 Å². The van der Waals surface area contributed by atoms with Gasteiger partial charge in [-0.15, -0.1) is 0 Å². The summed E-state index contributed by atoms with van der Waals surface area (Å²) in [5.74, 6) is 1.37. The van der Waals surface area contributed by atoms with Gasteiger partial charge in [-0.3, -0.25) is 14.9 Å². The maximum atomic E-state index is 12.1. The van der Waals surface area contributed by atoms with Crippen molar-refractivity contribution in [1.82, 2.24) is 4.98 Å². The fourth-order valence-electron chi connectivity index (χ4n) is 4.62. The predicted octanol–water partition coefficient (Wildman–Crippen LogP) is 4.22. The van der Waals surface area contributed by atoms with E-state index in [-0.39, 0.29) is 18.5 Å². The standard InChI is InChI=1S/C20H24N2O3S/c1-11-5-12(2)19-16(6-11)26-20(22-19)21-17(23)10-25-18(24)9-15-8-13-3-4-14(15)7-13/h5-6,13-15H,3-4,7-10H2,1-2H3,(H,21,22,23)/t13-,14+,15+/m0/s1. The molecular formula is C20H24N2O3S. The van der Waals surface area contributed by atoms with Gasteiger partial charge in [-0.1, -0.05) is 23.8 Å². The molecule has 6 heteroatoms. The number of aromatic nitrogens is 1. The first-order valence-electron chi connectivity index (χ1n) is 9.31. The van der Waals surface area contributed by atoms with Crippen molar-refractivity contribution in [3.05, 3.63) is 23.3 Å². The number of aryl methyl sites for hydroxylation is 2. The zero-order valence-electron chi connectivity index (χ0n) is 15.2. The van der Waals surface area contributed by atoms with Crippen LogP contribution in [0, 0.1) is 31.6 Å². The van der Waals surface area contributed by atoms with Crippen molar-refractivity contribution in [1.29, 1.82) is 0 Å². The average molecular weight is 372 g/mol. The Kier molecular flexibility index (Phi) is 4.69. The highest BCUT2D eigenvalue weighted by Gasteiger charge is 2.40. The summed E-state index contributed by atoms with van der Waals surface area (Å²) in [6.07, 6.45) is 5.44. The Morgan fingerprint density at radius 2 is 2.12 bits per heavy atom. The van der Waals surface area contributed by atoms with Crippen molar-refractivity contribution in [3.63, 3.8) is 0 Å². The summed E-state index contributed by atoms with van der Waals surface area (Å²) in [6.45, 7) is 3.81. The Labute approximate surface area is 157 Å². The van der Waals surface area contributed by atoms with Gasteiger partial charge >= 0.3 is 5.97 Å². The lowest BCUT2D eigenvalue weighted by atomic mass is 9.86. The molecule has 0 unspecified atom stereocenters. The van der Waals surface area contributed by atoms with Crippen molar-refractivity contribution < 1.29 is 14.3 Å². The van der Waals surface area contributed by atoms with Crippen LogP contribution in [0.25, 0.3) is 10.2 Å². The lowest BCUT2D eigenvalue weighted by Gasteiger charge is -2.20. The molecule has 1 aromatic heterocycles. The fourth-order valence-corrected chi connectivity index (χ4v) is 5.68. The van der Waals surface area contributed by atoms with Crippen molar-refractivity contribution >= 4 is 38.6 Å². The molecule has 0 radical (unpaired) electrons. The van der Waals surface area contributed by atoms with Gasteiger partial charge in [0.15, 0.2) is 11.7 Å². The monoisotopic (exact) mass is 372 g/mol. The molecule has 2 aliphatic rings. The van der Waals surface area contributed by atoms with Crippen molar-refractivity contribution in [3.8, 4) is 0 Å². The van der Waals surface area contributed by atoms with Gasteiger partial charge in [-0.05, 0) is 68.1 Å². The number of thiazole rings is 1. The minimum Gasteiger partial charge on any atom is -0.456 e. The molecule has 5 nitrogen and oxygen atoms in total. The smallest absolute Gasteiger partial charge is 0.306 e. The van der Waals surface area contributed by atoms with Crippen LogP contribution in [0.4, 0.5) is 5.13 Å². The van der Waals surface area contributed by atoms with E-state index >= 15 is 0 Å². The number of ether oxygens (including phenoxy) is 1. The van der Waals surface area contributed by atoms with Gasteiger partial charge in [-0.2, -0.15) is 0 Å². The number of hydrogen-bond acceptors (Lipinski definition) is 5. The van der Waals surface area contributed by atoms with Gasteiger partial charge in [0.05, 0.1) is 10.2 Å². The molecule has 2 fully saturated rings. The van der Waals surface area contributed by atoms with Crippen LogP contribution < -0.4 is 5.32 Å². The van der Waals surface area contributed by atoms with Crippen LogP contribution in [0.2, 0.25) is 0 Å². The summed E-state index contributed by atoms with van der Waals surface area (Å²) in [7, 11) is 0. The number of carbonyl (C=O) groups excluding carboxylic acids is 2. The largest absolute Gasteiger partial charge is 0.456 e. The van der Waals surface area contributed by atoms with Gasteiger partial charge in [0, 0.05) is 6.42 Å². The highest BCUT2D eigenvalue weighted by Crippen LogP contribution is 2.49. The summed E-state index contributed by atoms with van der Waals surface area (Å²) >= 11 is 1.44. The van der Waals surface area contributed by atoms with E-state index in [9.17, 15) is 9.59 Å². The number of nitrogens with one attached hydrogen (secondary N) is 1. The minimum atomic E-state index is -0.334. The second kappa shape index (κ2) is 6.99. The zero-order chi connectivity index (χ0) is 18.3. The number of benzene rings is 1. The number of fused-ring (bicyclic) bond motifs is 3. The zero-order valence-corrected chi connectivity index (χ0v) is 16.0. The number of nitrogens with zero attached hydrogens (tertiary/aromatic N) is 1. The molecule has 0 aliphatic heterocycles. The summed E-state index contributed by atoms with van der Waals surface area (Å²) in [5, 5.41) is 3.29. The van der Waals surface area contributed by atoms with Gasteiger partial charge in [0.1, 0.15) is 0 Å². The third-order valence-electron chi connectivity index (χ3n) is 5.75. The molecule has 0 saturated heterocycles. The molecule has 1 aromatic carbocycles. The molecule has 1 heterocycles. The van der Waals surface area contributed by atoms with Crippen LogP contribution in [0.15, 0.2) is 12.1 Å². The number of carbonyl (C=O) groups is 2. The topological polar surface area (TPSA) is 68.3 Å². The highest BCUT2D eigenvalue weighted by atomic mass is 32.1. The lowest BCUT2D eigenvalue weighted by Crippen LogP contribution is -2.23. The molecule has 3 atom stereocenters. The Morgan fingerprint density at radius 3 is 2.85 bits per heavy atom. The average Bonchev–Trinajstić information content (AvgIpc) is 3.28. The fraction of sp³-hybridized carbons (Fsp3) is 0.550. The van der Waals surface area contributed by atoms with Crippen molar-refractivity contribution in [2.75, 3.05) is 11.9 Å².